The third-order valence-electron chi connectivity index (χ3n) is 4.33. The Labute approximate surface area is 152 Å². The van der Waals surface area contributed by atoms with Gasteiger partial charge in [0.15, 0.2) is 0 Å². The molecule has 0 saturated carbocycles. The molecule has 0 aliphatic carbocycles. The number of hydrogen-bond donors (Lipinski definition) is 0. The van der Waals surface area contributed by atoms with E-state index in [1.807, 2.05) is 0 Å². The number of methoxy groups -OCH3 is 1. The predicted molar refractivity (Wildman–Crippen MR) is 76.0 cm³/mol. The lowest BCUT2D eigenvalue weighted by Crippen LogP contribution is -2.67. The average molecular weight is 432 g/mol. The lowest BCUT2D eigenvalue weighted by atomic mass is 9.83. The molecule has 0 bridgehead atoms. The van der Waals surface area contributed by atoms with E-state index in [1.54, 1.807) is 0 Å². The van der Waals surface area contributed by atoms with Crippen LogP contribution in [0.4, 0.5) is 48.3 Å². The van der Waals surface area contributed by atoms with Gasteiger partial charge in [-0.2, -0.15) is 48.3 Å². The van der Waals surface area contributed by atoms with Crippen LogP contribution in [0.5, 0.6) is 0 Å². The summed E-state index contributed by atoms with van der Waals surface area (Å²) < 4.78 is 149. The second kappa shape index (κ2) is 7.03. The highest BCUT2D eigenvalue weighted by Crippen LogP contribution is 2.59. The zero-order valence-electron chi connectivity index (χ0n) is 14.6. The summed E-state index contributed by atoms with van der Waals surface area (Å²) in [5.74, 6) is -27.9. The van der Waals surface area contributed by atoms with Crippen molar-refractivity contribution < 1.29 is 53.0 Å². The number of rotatable bonds is 7. The molecule has 12 heteroatoms. The summed E-state index contributed by atoms with van der Waals surface area (Å²) >= 11 is 0. The third kappa shape index (κ3) is 3.67. The molecule has 1 unspecified atom stereocenters. The van der Waals surface area contributed by atoms with Gasteiger partial charge in [-0.25, -0.2) is 0 Å². The molecule has 0 fully saturated rings. The average Bonchev–Trinajstić information content (AvgIpc) is 2.53. The predicted octanol–water partition coefficient (Wildman–Crippen LogP) is 6.35. The first-order valence-corrected chi connectivity index (χ1v) is 7.48. The van der Waals surface area contributed by atoms with Crippen molar-refractivity contribution >= 4 is 0 Å². The third-order valence-corrected chi connectivity index (χ3v) is 4.33. The van der Waals surface area contributed by atoms with Crippen molar-refractivity contribution in [1.29, 1.82) is 0 Å². The van der Waals surface area contributed by atoms with Gasteiger partial charge >= 0.3 is 29.9 Å². The van der Waals surface area contributed by atoms with Crippen LogP contribution in [-0.4, -0.2) is 37.0 Å². The lowest BCUT2D eigenvalue weighted by Gasteiger charge is -2.40. The van der Waals surface area contributed by atoms with Gasteiger partial charge in [0.05, 0.1) is 12.0 Å². The molecule has 0 aliphatic heterocycles. The van der Waals surface area contributed by atoms with E-state index in [0.717, 1.165) is 20.1 Å². The van der Waals surface area contributed by atoms with Crippen LogP contribution >= 0.6 is 0 Å². The van der Waals surface area contributed by atoms with Crippen LogP contribution < -0.4 is 0 Å². The molecule has 0 amide bonds. The lowest BCUT2D eigenvalue weighted by molar-refractivity contribution is -0.424. The second-order valence-corrected chi connectivity index (χ2v) is 6.35. The highest BCUT2D eigenvalue weighted by molar-refractivity contribution is 5.31. The van der Waals surface area contributed by atoms with Gasteiger partial charge < -0.3 is 4.74 Å². The van der Waals surface area contributed by atoms with Gasteiger partial charge in [0.1, 0.15) is 0 Å². The fraction of sp³-hybridized carbons (Fsp3) is 0.625. The first kappa shape index (κ1) is 24.4. The zero-order valence-corrected chi connectivity index (χ0v) is 14.6. The maximum atomic E-state index is 14.1. The van der Waals surface area contributed by atoms with E-state index in [0.29, 0.717) is 0 Å². The Morgan fingerprint density at radius 3 is 1.61 bits per heavy atom. The Morgan fingerprint density at radius 2 is 1.21 bits per heavy atom. The van der Waals surface area contributed by atoms with Gasteiger partial charge in [-0.15, -0.1) is 0 Å². The number of aryl methyl sites for hydroxylation is 1. The molecular formula is C16H15F11O. The molecule has 0 aromatic heterocycles. The molecule has 1 rings (SSSR count). The van der Waals surface area contributed by atoms with E-state index in [1.165, 1.54) is 25.1 Å². The first-order valence-electron chi connectivity index (χ1n) is 7.48. The molecule has 1 atom stereocenters. The molecule has 162 valence electrons. The van der Waals surface area contributed by atoms with Crippen LogP contribution in [-0.2, 0) is 10.3 Å². The Bertz CT molecular complexity index is 696. The van der Waals surface area contributed by atoms with Crippen molar-refractivity contribution in [3.05, 3.63) is 35.4 Å². The highest BCUT2D eigenvalue weighted by atomic mass is 19.4. The fourth-order valence-electron chi connectivity index (χ4n) is 2.58. The Hall–Kier alpha value is -1.59. The molecule has 1 aromatic rings. The molecular weight excluding hydrogens is 417 g/mol. The minimum absolute atomic E-state index is 0.168. The van der Waals surface area contributed by atoms with Crippen LogP contribution in [0.15, 0.2) is 24.3 Å². The van der Waals surface area contributed by atoms with Crippen molar-refractivity contribution in [2.45, 2.75) is 55.7 Å². The summed E-state index contributed by atoms with van der Waals surface area (Å²) in [7, 11) is 0.767. The Morgan fingerprint density at radius 1 is 0.750 bits per heavy atom. The van der Waals surface area contributed by atoms with Gasteiger partial charge in [-0.3, -0.25) is 0 Å². The molecule has 0 spiro atoms. The van der Waals surface area contributed by atoms with E-state index in [4.69, 9.17) is 4.74 Å². The maximum absolute atomic E-state index is 14.1. The molecule has 0 radical (unpaired) electrons. The maximum Gasteiger partial charge on any atom is 0.460 e. The quantitative estimate of drug-likeness (QED) is 0.457. The monoisotopic (exact) mass is 432 g/mol. The molecule has 0 N–H and O–H groups in total. The summed E-state index contributed by atoms with van der Waals surface area (Å²) in [6.07, 6.45) is -9.48. The van der Waals surface area contributed by atoms with Crippen LogP contribution in [0.3, 0.4) is 0 Å². The Balaban J connectivity index is 3.45. The van der Waals surface area contributed by atoms with E-state index in [2.05, 4.69) is 0 Å². The number of benzene rings is 1. The normalized spacial score (nSPS) is 16.8. The fourth-order valence-corrected chi connectivity index (χ4v) is 2.58. The topological polar surface area (TPSA) is 9.23 Å². The van der Waals surface area contributed by atoms with Crippen LogP contribution in [0.25, 0.3) is 0 Å². The van der Waals surface area contributed by atoms with Gasteiger partial charge in [0.2, 0.25) is 0 Å². The van der Waals surface area contributed by atoms with Gasteiger partial charge in [-0.1, -0.05) is 24.3 Å². The van der Waals surface area contributed by atoms with Gasteiger partial charge in [-0.05, 0) is 25.0 Å². The minimum Gasteiger partial charge on any atom is -0.374 e. The standard InChI is InChI=1S/C16H15F11O/c1-9-6-4-5-7-10(9)11(2,28-3)8-12(17,18)13(19,20)14(21,22)15(23,24)16(25,26)27/h4-7H,8H2,1-3H3. The molecule has 0 heterocycles. The molecule has 0 saturated heterocycles. The smallest absolute Gasteiger partial charge is 0.374 e. The van der Waals surface area contributed by atoms with Crippen molar-refractivity contribution in [3.8, 4) is 0 Å². The largest absolute Gasteiger partial charge is 0.460 e. The Kier molecular flexibility index (Phi) is 6.14. The van der Waals surface area contributed by atoms with Crippen molar-refractivity contribution in [2.24, 2.45) is 0 Å². The van der Waals surface area contributed by atoms with Gasteiger partial charge in [0.25, 0.3) is 0 Å². The second-order valence-electron chi connectivity index (χ2n) is 6.35. The summed E-state index contributed by atoms with van der Waals surface area (Å²) in [5.41, 5.74) is -2.36. The van der Waals surface area contributed by atoms with Crippen LogP contribution in [0.1, 0.15) is 24.5 Å². The molecule has 1 aromatic carbocycles. The van der Waals surface area contributed by atoms with Crippen molar-refractivity contribution in [3.63, 3.8) is 0 Å². The van der Waals surface area contributed by atoms with E-state index in [9.17, 15) is 48.3 Å². The first-order chi connectivity index (χ1) is 12.3. The summed E-state index contributed by atoms with van der Waals surface area (Å²) in [5, 5.41) is 0. The minimum atomic E-state index is -7.43. The summed E-state index contributed by atoms with van der Waals surface area (Å²) in [4.78, 5) is 0. The molecule has 0 aliphatic rings. The highest BCUT2D eigenvalue weighted by Gasteiger charge is 2.87. The van der Waals surface area contributed by atoms with E-state index < -0.39 is 41.9 Å². The number of ether oxygens (including phenoxy) is 1. The number of halogens is 11. The molecule has 1 nitrogen and oxygen atoms in total. The van der Waals surface area contributed by atoms with Crippen molar-refractivity contribution in [1.82, 2.24) is 0 Å². The SMILES string of the molecule is COC(C)(CC(F)(F)C(F)(F)C(F)(F)C(F)(F)C(F)(F)F)c1ccccc1C. The van der Waals surface area contributed by atoms with E-state index >= 15 is 0 Å². The summed E-state index contributed by atoms with van der Waals surface area (Å²) in [6.45, 7) is 2.13. The van der Waals surface area contributed by atoms with Gasteiger partial charge in [0, 0.05) is 7.11 Å². The summed E-state index contributed by atoms with van der Waals surface area (Å²) in [6, 6.07) is 5.19. The zero-order chi connectivity index (χ0) is 22.4. The molecule has 28 heavy (non-hydrogen) atoms. The van der Waals surface area contributed by atoms with E-state index in [-0.39, 0.29) is 11.1 Å². The number of alkyl halides is 11. The van der Waals surface area contributed by atoms with Crippen LogP contribution in [0, 0.1) is 6.92 Å². The van der Waals surface area contributed by atoms with Crippen molar-refractivity contribution in [2.75, 3.05) is 7.11 Å². The van der Waals surface area contributed by atoms with Crippen LogP contribution in [0.2, 0.25) is 0 Å². The number of hydrogen-bond acceptors (Lipinski definition) is 1.